The zero-order valence-electron chi connectivity index (χ0n) is 7.94. The lowest BCUT2D eigenvalue weighted by atomic mass is 10.1. The Kier molecular flexibility index (Phi) is 2.54. The summed E-state index contributed by atoms with van der Waals surface area (Å²) in [5.74, 6) is -0.839. The fraction of sp³-hybridized carbons (Fsp3) is 0.500. The van der Waals surface area contributed by atoms with Crippen molar-refractivity contribution in [1.29, 1.82) is 0 Å². The van der Waals surface area contributed by atoms with Crippen LogP contribution in [0, 0.1) is 0 Å². The van der Waals surface area contributed by atoms with Gasteiger partial charge in [0.25, 0.3) is 0 Å². The third kappa shape index (κ3) is 1.65. The van der Waals surface area contributed by atoms with Crippen molar-refractivity contribution in [3.63, 3.8) is 0 Å². The predicted octanol–water partition coefficient (Wildman–Crippen LogP) is 1.11. The monoisotopic (exact) mass is 194 g/mol. The Labute approximate surface area is 82.5 Å². The molecule has 1 aliphatic heterocycles. The summed E-state index contributed by atoms with van der Waals surface area (Å²) in [5, 5.41) is 12.2. The van der Waals surface area contributed by atoms with Crippen molar-refractivity contribution in [2.45, 2.75) is 18.9 Å². The fourth-order valence-corrected chi connectivity index (χ4v) is 1.98. The smallest absolute Gasteiger partial charge is 0.352 e. The highest BCUT2D eigenvalue weighted by Crippen LogP contribution is 2.20. The van der Waals surface area contributed by atoms with E-state index >= 15 is 0 Å². The minimum absolute atomic E-state index is 0.345. The van der Waals surface area contributed by atoms with Gasteiger partial charge in [-0.05, 0) is 38.1 Å². The van der Waals surface area contributed by atoms with E-state index in [-0.39, 0.29) is 0 Å². The first kappa shape index (κ1) is 9.27. The van der Waals surface area contributed by atoms with Crippen LogP contribution in [-0.2, 0) is 0 Å². The van der Waals surface area contributed by atoms with Crippen molar-refractivity contribution in [2.24, 2.45) is 0 Å². The molecule has 0 amide bonds. The van der Waals surface area contributed by atoms with Gasteiger partial charge in [-0.3, -0.25) is 0 Å². The number of carboxylic acids is 1. The van der Waals surface area contributed by atoms with Crippen LogP contribution in [0.3, 0.4) is 0 Å². The molecule has 14 heavy (non-hydrogen) atoms. The molecular formula is C10H14N2O2. The molecule has 0 radical (unpaired) electrons. The van der Waals surface area contributed by atoms with Crippen molar-refractivity contribution < 1.29 is 9.90 Å². The molecule has 1 aliphatic rings. The van der Waals surface area contributed by atoms with Gasteiger partial charge in [-0.2, -0.15) is 0 Å². The van der Waals surface area contributed by atoms with Gasteiger partial charge in [-0.15, -0.1) is 0 Å². The van der Waals surface area contributed by atoms with Crippen LogP contribution >= 0.6 is 0 Å². The molecule has 4 nitrogen and oxygen atoms in total. The zero-order valence-corrected chi connectivity index (χ0v) is 7.94. The Morgan fingerprint density at radius 3 is 2.86 bits per heavy atom. The number of carbonyl (C=O) groups is 1. The summed E-state index contributed by atoms with van der Waals surface area (Å²) >= 11 is 0. The molecule has 1 aromatic heterocycles. The van der Waals surface area contributed by atoms with Crippen molar-refractivity contribution in [1.82, 2.24) is 9.88 Å². The molecule has 2 N–H and O–H groups in total. The topological polar surface area (TPSA) is 54.3 Å². The number of hydrogen-bond donors (Lipinski definition) is 2. The third-order valence-corrected chi connectivity index (χ3v) is 2.70. The molecule has 0 aliphatic carbocycles. The van der Waals surface area contributed by atoms with Crippen LogP contribution in [0.5, 0.6) is 0 Å². The van der Waals surface area contributed by atoms with E-state index in [1.54, 1.807) is 12.1 Å². The Bertz CT molecular complexity index is 327. The maximum absolute atomic E-state index is 10.9. The van der Waals surface area contributed by atoms with Crippen LogP contribution in [0.4, 0.5) is 0 Å². The second-order valence-electron chi connectivity index (χ2n) is 3.59. The minimum Gasteiger partial charge on any atom is -0.477 e. The van der Waals surface area contributed by atoms with Gasteiger partial charge >= 0.3 is 5.97 Å². The number of aromatic nitrogens is 1. The molecule has 1 saturated heterocycles. The maximum Gasteiger partial charge on any atom is 0.352 e. The molecule has 0 spiro atoms. The van der Waals surface area contributed by atoms with Gasteiger partial charge in [0.2, 0.25) is 0 Å². The number of aromatic carboxylic acids is 1. The highest BCUT2D eigenvalue weighted by Gasteiger charge is 2.18. The molecule has 0 atom stereocenters. The standard InChI is InChI=1S/C10H14N2O2/c13-10(14)9-2-1-7-12(9)8-3-5-11-6-4-8/h1-2,7-8,11H,3-6H2,(H,13,14). The SMILES string of the molecule is O=C(O)c1cccn1C1CCNCC1. The lowest BCUT2D eigenvalue weighted by molar-refractivity contribution is 0.0681. The summed E-state index contributed by atoms with van der Waals surface area (Å²) in [6, 6.07) is 3.80. The summed E-state index contributed by atoms with van der Waals surface area (Å²) in [4.78, 5) is 10.9. The molecule has 1 fully saturated rings. The second kappa shape index (κ2) is 3.84. The Morgan fingerprint density at radius 2 is 2.21 bits per heavy atom. The van der Waals surface area contributed by atoms with Crippen LogP contribution in [0.1, 0.15) is 29.4 Å². The molecule has 2 rings (SSSR count). The number of carboxylic acid groups (broad SMARTS) is 1. The zero-order chi connectivity index (χ0) is 9.97. The summed E-state index contributed by atoms with van der Waals surface area (Å²) < 4.78 is 1.88. The van der Waals surface area contributed by atoms with Gasteiger partial charge < -0.3 is 15.0 Å². The first-order valence-electron chi connectivity index (χ1n) is 4.90. The molecular weight excluding hydrogens is 180 g/mol. The van der Waals surface area contributed by atoms with Gasteiger partial charge in [0, 0.05) is 12.2 Å². The van der Waals surface area contributed by atoms with Crippen molar-refractivity contribution >= 4 is 5.97 Å². The molecule has 76 valence electrons. The van der Waals surface area contributed by atoms with E-state index < -0.39 is 5.97 Å². The summed E-state index contributed by atoms with van der Waals surface area (Å²) in [6.07, 6.45) is 3.88. The van der Waals surface area contributed by atoms with Crippen LogP contribution < -0.4 is 5.32 Å². The Hall–Kier alpha value is -1.29. The van der Waals surface area contributed by atoms with Gasteiger partial charge in [0.05, 0.1) is 0 Å². The van der Waals surface area contributed by atoms with E-state index in [0.29, 0.717) is 11.7 Å². The van der Waals surface area contributed by atoms with E-state index in [1.807, 2.05) is 10.8 Å². The molecule has 0 aromatic carbocycles. The number of hydrogen-bond acceptors (Lipinski definition) is 2. The number of rotatable bonds is 2. The third-order valence-electron chi connectivity index (χ3n) is 2.70. The Balaban J connectivity index is 2.21. The molecule has 2 heterocycles. The largest absolute Gasteiger partial charge is 0.477 e. The molecule has 0 saturated carbocycles. The van der Waals surface area contributed by atoms with E-state index in [4.69, 9.17) is 5.11 Å². The minimum atomic E-state index is -0.839. The van der Waals surface area contributed by atoms with E-state index in [9.17, 15) is 4.79 Å². The number of piperidine rings is 1. The predicted molar refractivity (Wildman–Crippen MR) is 52.5 cm³/mol. The maximum atomic E-state index is 10.9. The van der Waals surface area contributed by atoms with Crippen molar-refractivity contribution in [3.05, 3.63) is 24.0 Å². The highest BCUT2D eigenvalue weighted by atomic mass is 16.4. The first-order valence-corrected chi connectivity index (χ1v) is 4.90. The number of nitrogens with zero attached hydrogens (tertiary/aromatic N) is 1. The van der Waals surface area contributed by atoms with Gasteiger partial charge in [-0.25, -0.2) is 4.79 Å². The lowest BCUT2D eigenvalue weighted by Gasteiger charge is -2.25. The van der Waals surface area contributed by atoms with E-state index in [1.165, 1.54) is 0 Å². The fourth-order valence-electron chi connectivity index (χ4n) is 1.98. The van der Waals surface area contributed by atoms with E-state index in [0.717, 1.165) is 25.9 Å². The average molecular weight is 194 g/mol. The van der Waals surface area contributed by atoms with Gasteiger partial charge in [-0.1, -0.05) is 0 Å². The van der Waals surface area contributed by atoms with Gasteiger partial charge in [0.1, 0.15) is 5.69 Å². The summed E-state index contributed by atoms with van der Waals surface area (Å²) in [5.41, 5.74) is 0.400. The lowest BCUT2D eigenvalue weighted by Crippen LogP contribution is -2.30. The quantitative estimate of drug-likeness (QED) is 0.741. The van der Waals surface area contributed by atoms with Crippen LogP contribution in [-0.4, -0.2) is 28.7 Å². The van der Waals surface area contributed by atoms with Crippen molar-refractivity contribution in [2.75, 3.05) is 13.1 Å². The van der Waals surface area contributed by atoms with Crippen molar-refractivity contribution in [3.8, 4) is 0 Å². The highest BCUT2D eigenvalue weighted by molar-refractivity contribution is 5.85. The summed E-state index contributed by atoms with van der Waals surface area (Å²) in [7, 11) is 0. The Morgan fingerprint density at radius 1 is 1.50 bits per heavy atom. The van der Waals surface area contributed by atoms with Gasteiger partial charge in [0.15, 0.2) is 0 Å². The first-order chi connectivity index (χ1) is 6.79. The molecule has 1 aromatic rings. The van der Waals surface area contributed by atoms with E-state index in [2.05, 4.69) is 5.32 Å². The molecule has 0 bridgehead atoms. The normalized spacial score (nSPS) is 18.3. The molecule has 4 heteroatoms. The van der Waals surface area contributed by atoms with Crippen LogP contribution in [0.25, 0.3) is 0 Å². The summed E-state index contributed by atoms with van der Waals surface area (Å²) in [6.45, 7) is 1.95. The second-order valence-corrected chi connectivity index (χ2v) is 3.59. The van der Waals surface area contributed by atoms with Crippen LogP contribution in [0.15, 0.2) is 18.3 Å². The molecule has 0 unspecified atom stereocenters. The van der Waals surface area contributed by atoms with Crippen LogP contribution in [0.2, 0.25) is 0 Å². The number of nitrogens with one attached hydrogen (secondary N) is 1. The average Bonchev–Trinajstić information content (AvgIpc) is 2.67.